The Morgan fingerprint density at radius 3 is 2.75 bits per heavy atom. The van der Waals surface area contributed by atoms with Crippen LogP contribution in [0.4, 0.5) is 11.5 Å². The second-order valence-corrected chi connectivity index (χ2v) is 4.18. The average Bonchev–Trinajstić information content (AvgIpc) is 2.77. The van der Waals surface area contributed by atoms with Crippen LogP contribution in [0.25, 0.3) is 0 Å². The molecular weight excluding hydrogens is 262 g/mol. The zero-order valence-electron chi connectivity index (χ0n) is 10.1. The molecule has 7 heteroatoms. The van der Waals surface area contributed by atoms with Gasteiger partial charge in [-0.05, 0) is 12.1 Å². The van der Waals surface area contributed by atoms with Crippen LogP contribution in [0.5, 0.6) is 0 Å². The second kappa shape index (κ2) is 4.61. The molecule has 1 aliphatic heterocycles. The van der Waals surface area contributed by atoms with Gasteiger partial charge in [-0.3, -0.25) is 10.1 Å². The van der Waals surface area contributed by atoms with E-state index in [2.05, 4.69) is 10.3 Å². The fraction of sp³-hybridized carbons (Fsp3) is 0.0769. The van der Waals surface area contributed by atoms with Gasteiger partial charge in [-0.1, -0.05) is 18.2 Å². The first-order valence-corrected chi connectivity index (χ1v) is 5.82. The summed E-state index contributed by atoms with van der Waals surface area (Å²) in [5, 5.41) is 13.5. The molecule has 0 spiro atoms. The molecule has 100 valence electrons. The molecule has 0 fully saturated rings. The summed E-state index contributed by atoms with van der Waals surface area (Å²) in [5.41, 5.74) is 1.13. The number of aromatic nitrogens is 1. The van der Waals surface area contributed by atoms with E-state index in [4.69, 9.17) is 4.74 Å². The molecule has 0 bridgehead atoms. The minimum atomic E-state index is -0.632. The quantitative estimate of drug-likeness (QED) is 0.522. The summed E-state index contributed by atoms with van der Waals surface area (Å²) in [4.78, 5) is 25.6. The molecule has 0 saturated carbocycles. The number of pyridine rings is 1. The predicted molar refractivity (Wildman–Crippen MR) is 69.1 cm³/mol. The van der Waals surface area contributed by atoms with Gasteiger partial charge in [-0.15, -0.1) is 0 Å². The highest BCUT2D eigenvalue weighted by Gasteiger charge is 2.30. The molecule has 1 atom stereocenters. The number of fused-ring (bicyclic) bond motifs is 1. The second-order valence-electron chi connectivity index (χ2n) is 4.18. The number of anilines is 1. The van der Waals surface area contributed by atoms with Crippen LogP contribution < -0.4 is 5.32 Å². The lowest BCUT2D eigenvalue weighted by atomic mass is 10.1. The van der Waals surface area contributed by atoms with Crippen LogP contribution in [0.2, 0.25) is 0 Å². The van der Waals surface area contributed by atoms with Gasteiger partial charge in [0.05, 0.1) is 10.5 Å². The van der Waals surface area contributed by atoms with Crippen LogP contribution in [0, 0.1) is 10.1 Å². The molecule has 2 heterocycles. The van der Waals surface area contributed by atoms with Crippen molar-refractivity contribution in [2.45, 2.75) is 6.23 Å². The third kappa shape index (κ3) is 2.05. The van der Waals surface area contributed by atoms with E-state index in [1.165, 1.54) is 12.1 Å². The van der Waals surface area contributed by atoms with Crippen LogP contribution in [0.15, 0.2) is 42.6 Å². The summed E-state index contributed by atoms with van der Waals surface area (Å²) >= 11 is 0. The Kier molecular flexibility index (Phi) is 2.79. The SMILES string of the molecule is O=C1O[C@H](Nc2ccc([N+](=O)[O-])cn2)c2ccccc21. The van der Waals surface area contributed by atoms with Crippen molar-refractivity contribution in [3.8, 4) is 0 Å². The number of rotatable bonds is 3. The van der Waals surface area contributed by atoms with E-state index in [-0.39, 0.29) is 5.69 Å². The Hall–Kier alpha value is -2.96. The summed E-state index contributed by atoms with van der Waals surface area (Å²) in [6, 6.07) is 9.82. The van der Waals surface area contributed by atoms with Crippen molar-refractivity contribution in [3.63, 3.8) is 0 Å². The van der Waals surface area contributed by atoms with Crippen LogP contribution in [-0.4, -0.2) is 15.9 Å². The molecular formula is C13H9N3O4. The van der Waals surface area contributed by atoms with Crippen molar-refractivity contribution in [1.82, 2.24) is 4.98 Å². The summed E-state index contributed by atoms with van der Waals surface area (Å²) in [6.45, 7) is 0. The van der Waals surface area contributed by atoms with Gasteiger partial charge >= 0.3 is 5.97 Å². The Labute approximate surface area is 113 Å². The summed E-state index contributed by atoms with van der Waals surface area (Å²) in [6.07, 6.45) is 0.512. The maximum atomic E-state index is 11.6. The van der Waals surface area contributed by atoms with Crippen molar-refractivity contribution in [2.75, 3.05) is 5.32 Å². The van der Waals surface area contributed by atoms with E-state index in [1.54, 1.807) is 24.3 Å². The normalized spacial score (nSPS) is 16.4. The first kappa shape index (κ1) is 12.1. The Balaban J connectivity index is 1.82. The highest BCUT2D eigenvalue weighted by atomic mass is 16.6. The number of nitro groups is 1. The van der Waals surface area contributed by atoms with E-state index in [9.17, 15) is 14.9 Å². The molecule has 0 unspecified atom stereocenters. The molecule has 7 nitrogen and oxygen atoms in total. The molecule has 0 aliphatic carbocycles. The number of cyclic esters (lactones) is 1. The van der Waals surface area contributed by atoms with Gasteiger partial charge in [0, 0.05) is 11.6 Å². The maximum absolute atomic E-state index is 11.6. The van der Waals surface area contributed by atoms with Crippen LogP contribution >= 0.6 is 0 Å². The van der Waals surface area contributed by atoms with E-state index in [1.807, 2.05) is 0 Å². The van der Waals surface area contributed by atoms with Gasteiger partial charge in [0.25, 0.3) is 5.69 Å². The standard InChI is InChI=1S/C13H9N3O4/c17-13-10-4-2-1-3-9(10)12(20-13)15-11-6-5-8(7-14-11)16(18)19/h1-7,12H,(H,14,15)/t12-/m0/s1. The minimum Gasteiger partial charge on any atom is -0.434 e. The van der Waals surface area contributed by atoms with Crippen molar-refractivity contribution in [1.29, 1.82) is 0 Å². The number of ether oxygens (including phenoxy) is 1. The van der Waals surface area contributed by atoms with Gasteiger partial charge in [0.2, 0.25) is 6.23 Å². The third-order valence-corrected chi connectivity index (χ3v) is 2.93. The van der Waals surface area contributed by atoms with Gasteiger partial charge in [-0.25, -0.2) is 9.78 Å². The summed E-state index contributed by atoms with van der Waals surface area (Å²) in [7, 11) is 0. The van der Waals surface area contributed by atoms with E-state index in [0.717, 1.165) is 11.8 Å². The minimum absolute atomic E-state index is 0.0978. The Bertz CT molecular complexity index is 684. The first-order valence-electron chi connectivity index (χ1n) is 5.82. The summed E-state index contributed by atoms with van der Waals surface area (Å²) in [5.74, 6) is -0.00915. The van der Waals surface area contributed by atoms with E-state index >= 15 is 0 Å². The lowest BCUT2D eigenvalue weighted by molar-refractivity contribution is -0.385. The smallest absolute Gasteiger partial charge is 0.340 e. The number of hydrogen-bond donors (Lipinski definition) is 1. The largest absolute Gasteiger partial charge is 0.434 e. The molecule has 1 aromatic carbocycles. The van der Waals surface area contributed by atoms with Crippen molar-refractivity contribution < 1.29 is 14.5 Å². The van der Waals surface area contributed by atoms with Crippen LogP contribution in [0.3, 0.4) is 0 Å². The number of hydrogen-bond acceptors (Lipinski definition) is 6. The zero-order valence-corrected chi connectivity index (χ0v) is 10.1. The summed E-state index contributed by atoms with van der Waals surface area (Å²) < 4.78 is 5.19. The highest BCUT2D eigenvalue weighted by Crippen LogP contribution is 2.30. The number of nitrogens with one attached hydrogen (secondary N) is 1. The lowest BCUT2D eigenvalue weighted by Gasteiger charge is -2.13. The van der Waals surface area contributed by atoms with E-state index < -0.39 is 17.1 Å². The zero-order chi connectivity index (χ0) is 14.1. The molecule has 2 aromatic rings. The topological polar surface area (TPSA) is 94.4 Å². The molecule has 3 rings (SSSR count). The van der Waals surface area contributed by atoms with Gasteiger partial charge in [-0.2, -0.15) is 0 Å². The molecule has 20 heavy (non-hydrogen) atoms. The molecule has 1 aliphatic rings. The predicted octanol–water partition coefficient (Wildman–Crippen LogP) is 2.27. The number of carbonyl (C=O) groups is 1. The molecule has 0 radical (unpaired) electrons. The van der Waals surface area contributed by atoms with E-state index in [0.29, 0.717) is 11.4 Å². The van der Waals surface area contributed by atoms with Crippen molar-refractivity contribution in [2.24, 2.45) is 0 Å². The third-order valence-electron chi connectivity index (χ3n) is 2.93. The number of esters is 1. The van der Waals surface area contributed by atoms with Crippen molar-refractivity contribution in [3.05, 3.63) is 63.8 Å². The number of carbonyl (C=O) groups excluding carboxylic acids is 1. The Morgan fingerprint density at radius 1 is 1.25 bits per heavy atom. The fourth-order valence-electron chi connectivity index (χ4n) is 1.97. The van der Waals surface area contributed by atoms with Crippen molar-refractivity contribution >= 4 is 17.5 Å². The molecule has 1 N–H and O–H groups in total. The van der Waals surface area contributed by atoms with Crippen LogP contribution in [-0.2, 0) is 4.74 Å². The fourth-order valence-corrected chi connectivity index (χ4v) is 1.97. The lowest BCUT2D eigenvalue weighted by Crippen LogP contribution is -2.11. The average molecular weight is 271 g/mol. The molecule has 0 saturated heterocycles. The number of benzene rings is 1. The Morgan fingerprint density at radius 2 is 2.05 bits per heavy atom. The van der Waals surface area contributed by atoms with Crippen LogP contribution in [0.1, 0.15) is 22.1 Å². The maximum Gasteiger partial charge on any atom is 0.340 e. The molecule has 0 amide bonds. The van der Waals surface area contributed by atoms with Gasteiger partial charge in [0.15, 0.2) is 0 Å². The first-order chi connectivity index (χ1) is 9.65. The monoisotopic (exact) mass is 271 g/mol. The van der Waals surface area contributed by atoms with Gasteiger partial charge < -0.3 is 10.1 Å². The molecule has 1 aromatic heterocycles. The van der Waals surface area contributed by atoms with Gasteiger partial charge in [0.1, 0.15) is 12.0 Å². The number of nitrogens with zero attached hydrogens (tertiary/aromatic N) is 2. The highest BCUT2D eigenvalue weighted by molar-refractivity contribution is 5.94.